The van der Waals surface area contributed by atoms with Crippen LogP contribution in [0, 0.1) is 0 Å². The first-order chi connectivity index (χ1) is 8.09. The van der Waals surface area contributed by atoms with Crippen molar-refractivity contribution in [3.63, 3.8) is 0 Å². The lowest BCUT2D eigenvalue weighted by Crippen LogP contribution is -2.27. The van der Waals surface area contributed by atoms with Crippen LogP contribution in [0.15, 0.2) is 23.2 Å². The number of benzodiazepines with no additional fused rings is 1. The predicted molar refractivity (Wildman–Crippen MR) is 73.3 cm³/mol. The van der Waals surface area contributed by atoms with Crippen molar-refractivity contribution < 1.29 is 4.79 Å². The Bertz CT molecular complexity index is 455. The van der Waals surface area contributed by atoms with Gasteiger partial charge in [-0.25, -0.2) is 0 Å². The van der Waals surface area contributed by atoms with Crippen molar-refractivity contribution in [2.45, 2.75) is 20.8 Å². The zero-order chi connectivity index (χ0) is 13.0. The Labute approximate surface area is 107 Å². The molecule has 0 bridgehead atoms. The van der Waals surface area contributed by atoms with E-state index in [1.807, 2.05) is 32.9 Å². The maximum Gasteiger partial charge on any atom is 0.248 e. The van der Waals surface area contributed by atoms with Gasteiger partial charge in [-0.3, -0.25) is 9.79 Å². The number of hydrogen-bond acceptors (Lipinski definition) is 2. The molecular weight excluding hydrogens is 236 g/mol. The second-order valence-corrected chi connectivity index (χ2v) is 3.95. The van der Waals surface area contributed by atoms with Crippen LogP contribution in [-0.4, -0.2) is 25.2 Å². The number of amides is 1. The standard InChI is InChI=1S/C11H11ClN2O.C2H6/c1-7-9-5-8(12)3-4-10(9)14(2)11(15)6-13-7;1-2/h3-5H,6H2,1-2H3;1-2H3. The Morgan fingerprint density at radius 3 is 2.65 bits per heavy atom. The lowest BCUT2D eigenvalue weighted by Gasteiger charge is -2.17. The summed E-state index contributed by atoms with van der Waals surface area (Å²) in [5.41, 5.74) is 2.64. The van der Waals surface area contributed by atoms with Crippen molar-refractivity contribution in [3.8, 4) is 0 Å². The minimum Gasteiger partial charge on any atom is -0.313 e. The van der Waals surface area contributed by atoms with E-state index in [0.717, 1.165) is 17.0 Å². The molecule has 17 heavy (non-hydrogen) atoms. The number of likely N-dealkylation sites (N-methyl/N-ethyl adjacent to an activating group) is 1. The van der Waals surface area contributed by atoms with E-state index in [4.69, 9.17) is 11.6 Å². The van der Waals surface area contributed by atoms with Gasteiger partial charge < -0.3 is 4.90 Å². The summed E-state index contributed by atoms with van der Waals surface area (Å²) < 4.78 is 0. The molecule has 1 heterocycles. The van der Waals surface area contributed by atoms with Gasteiger partial charge in [-0.05, 0) is 25.1 Å². The molecule has 1 amide bonds. The van der Waals surface area contributed by atoms with E-state index >= 15 is 0 Å². The summed E-state index contributed by atoms with van der Waals surface area (Å²) in [5.74, 6) is -0.00424. The largest absolute Gasteiger partial charge is 0.313 e. The quantitative estimate of drug-likeness (QED) is 0.698. The molecule has 0 N–H and O–H groups in total. The fraction of sp³-hybridized carbons (Fsp3) is 0.385. The number of carbonyl (C=O) groups is 1. The van der Waals surface area contributed by atoms with Gasteiger partial charge in [0.05, 0.1) is 5.69 Å². The van der Waals surface area contributed by atoms with Gasteiger partial charge in [0.1, 0.15) is 6.54 Å². The molecule has 3 nitrogen and oxygen atoms in total. The molecule has 0 saturated heterocycles. The van der Waals surface area contributed by atoms with Crippen molar-refractivity contribution >= 4 is 28.9 Å². The molecule has 0 aliphatic carbocycles. The summed E-state index contributed by atoms with van der Waals surface area (Å²) in [5, 5.41) is 0.658. The highest BCUT2D eigenvalue weighted by Crippen LogP contribution is 2.26. The number of nitrogens with zero attached hydrogens (tertiary/aromatic N) is 2. The Morgan fingerprint density at radius 1 is 1.35 bits per heavy atom. The third-order valence-corrected chi connectivity index (χ3v) is 2.77. The van der Waals surface area contributed by atoms with Crippen LogP contribution in [-0.2, 0) is 4.79 Å². The monoisotopic (exact) mass is 252 g/mol. The Kier molecular flexibility index (Phi) is 4.70. The number of hydrogen-bond donors (Lipinski definition) is 0. The molecule has 1 aliphatic rings. The molecule has 0 radical (unpaired) electrons. The third-order valence-electron chi connectivity index (χ3n) is 2.54. The van der Waals surface area contributed by atoms with E-state index in [-0.39, 0.29) is 12.5 Å². The van der Waals surface area contributed by atoms with Crippen LogP contribution < -0.4 is 4.90 Å². The zero-order valence-electron chi connectivity index (χ0n) is 10.6. The van der Waals surface area contributed by atoms with Gasteiger partial charge >= 0.3 is 0 Å². The average molecular weight is 253 g/mol. The number of fused-ring (bicyclic) bond motifs is 1. The van der Waals surface area contributed by atoms with E-state index in [2.05, 4.69) is 4.99 Å². The van der Waals surface area contributed by atoms with Gasteiger partial charge in [0, 0.05) is 23.3 Å². The Morgan fingerprint density at radius 2 is 2.00 bits per heavy atom. The van der Waals surface area contributed by atoms with E-state index in [0.29, 0.717) is 5.02 Å². The molecule has 0 unspecified atom stereocenters. The van der Waals surface area contributed by atoms with E-state index in [1.165, 1.54) is 0 Å². The molecule has 2 rings (SSSR count). The minimum atomic E-state index is -0.00424. The van der Waals surface area contributed by atoms with Crippen molar-refractivity contribution in [2.75, 3.05) is 18.5 Å². The molecule has 92 valence electrons. The number of aliphatic imine (C=N–C) groups is 1. The van der Waals surface area contributed by atoms with E-state index in [9.17, 15) is 4.79 Å². The Balaban J connectivity index is 0.000000686. The van der Waals surface area contributed by atoms with E-state index in [1.54, 1.807) is 18.0 Å². The highest BCUT2D eigenvalue weighted by Gasteiger charge is 2.19. The number of rotatable bonds is 0. The number of benzene rings is 1. The first kappa shape index (κ1) is 13.7. The molecule has 0 atom stereocenters. The highest BCUT2D eigenvalue weighted by atomic mass is 35.5. The number of anilines is 1. The van der Waals surface area contributed by atoms with Gasteiger partial charge in [0.25, 0.3) is 0 Å². The van der Waals surface area contributed by atoms with Gasteiger partial charge in [0.2, 0.25) is 5.91 Å². The van der Waals surface area contributed by atoms with Crippen LogP contribution in [0.2, 0.25) is 5.02 Å². The average Bonchev–Trinajstić information content (AvgIpc) is 2.45. The second kappa shape index (κ2) is 5.82. The summed E-state index contributed by atoms with van der Waals surface area (Å²) in [7, 11) is 1.75. The molecule has 1 aromatic carbocycles. The fourth-order valence-corrected chi connectivity index (χ4v) is 1.77. The Hall–Kier alpha value is -1.35. The number of carbonyl (C=O) groups excluding carboxylic acids is 1. The summed E-state index contributed by atoms with van der Waals surface area (Å²) in [4.78, 5) is 17.4. The maximum atomic E-state index is 11.6. The van der Waals surface area contributed by atoms with Crippen LogP contribution in [0.3, 0.4) is 0 Å². The normalized spacial score (nSPS) is 14.3. The second-order valence-electron chi connectivity index (χ2n) is 3.52. The summed E-state index contributed by atoms with van der Waals surface area (Å²) in [6.45, 7) is 6.09. The summed E-state index contributed by atoms with van der Waals surface area (Å²) >= 11 is 5.92. The molecule has 1 aromatic rings. The smallest absolute Gasteiger partial charge is 0.248 e. The van der Waals surface area contributed by atoms with Crippen LogP contribution in [0.25, 0.3) is 0 Å². The van der Waals surface area contributed by atoms with Crippen molar-refractivity contribution in [2.24, 2.45) is 4.99 Å². The highest BCUT2D eigenvalue weighted by molar-refractivity contribution is 6.31. The SMILES string of the molecule is CC.CC1=NCC(=O)N(C)c2ccc(Cl)cc21. The minimum absolute atomic E-state index is 0.00424. The van der Waals surface area contributed by atoms with E-state index < -0.39 is 0 Å². The fourth-order valence-electron chi connectivity index (χ4n) is 1.60. The zero-order valence-corrected chi connectivity index (χ0v) is 11.4. The lowest BCUT2D eigenvalue weighted by molar-refractivity contribution is -0.116. The van der Waals surface area contributed by atoms with Gasteiger partial charge in [-0.2, -0.15) is 0 Å². The molecule has 1 aliphatic heterocycles. The third kappa shape index (κ3) is 2.86. The molecular formula is C13H17ClN2O. The summed E-state index contributed by atoms with van der Waals surface area (Å²) in [6.07, 6.45) is 0. The van der Waals surface area contributed by atoms with Crippen molar-refractivity contribution in [1.82, 2.24) is 0 Å². The van der Waals surface area contributed by atoms with Crippen molar-refractivity contribution in [3.05, 3.63) is 28.8 Å². The van der Waals surface area contributed by atoms with Crippen molar-refractivity contribution in [1.29, 1.82) is 0 Å². The van der Waals surface area contributed by atoms with Gasteiger partial charge in [0.15, 0.2) is 0 Å². The molecule has 0 aromatic heterocycles. The number of halogens is 1. The van der Waals surface area contributed by atoms with Crippen LogP contribution in [0.4, 0.5) is 5.69 Å². The molecule has 0 fully saturated rings. The molecule has 0 saturated carbocycles. The lowest BCUT2D eigenvalue weighted by atomic mass is 10.1. The van der Waals surface area contributed by atoms with Crippen LogP contribution in [0.1, 0.15) is 26.3 Å². The predicted octanol–water partition coefficient (Wildman–Crippen LogP) is 3.15. The van der Waals surface area contributed by atoms with Crippen LogP contribution >= 0.6 is 11.6 Å². The van der Waals surface area contributed by atoms with Gasteiger partial charge in [-0.1, -0.05) is 25.4 Å². The molecule has 4 heteroatoms. The van der Waals surface area contributed by atoms with Gasteiger partial charge in [-0.15, -0.1) is 0 Å². The molecule has 0 spiro atoms. The first-order valence-corrected chi connectivity index (χ1v) is 6.05. The maximum absolute atomic E-state index is 11.6. The first-order valence-electron chi connectivity index (χ1n) is 5.67. The topological polar surface area (TPSA) is 32.7 Å². The summed E-state index contributed by atoms with van der Waals surface area (Å²) in [6, 6.07) is 5.47. The van der Waals surface area contributed by atoms with Crippen LogP contribution in [0.5, 0.6) is 0 Å².